The first-order valence-electron chi connectivity index (χ1n) is 6.03. The molecule has 5 nitrogen and oxygen atoms in total. The number of ether oxygens (including phenoxy) is 2. The number of aromatic nitrogens is 2. The second kappa shape index (κ2) is 6.19. The number of benzene rings is 1. The minimum atomic E-state index is -0.406. The first-order chi connectivity index (χ1) is 9.56. The standard InChI is InChI=1S/C14H16BrN3O2/c1-8-6-9(15)4-5-10(8)12(16)13-14(20-3)18-11(19-2)7-17-13/h4-7,12H,16H2,1-3H3. The largest absolute Gasteiger partial charge is 0.480 e. The molecule has 0 spiro atoms. The molecule has 2 aromatic rings. The lowest BCUT2D eigenvalue weighted by Gasteiger charge is -2.16. The molecule has 0 bridgehead atoms. The molecule has 1 unspecified atom stereocenters. The second-order valence-corrected chi connectivity index (χ2v) is 5.20. The molecule has 0 aliphatic carbocycles. The van der Waals surface area contributed by atoms with E-state index in [0.29, 0.717) is 17.5 Å². The third-order valence-electron chi connectivity index (χ3n) is 3.01. The summed E-state index contributed by atoms with van der Waals surface area (Å²) in [5.41, 5.74) is 8.93. The van der Waals surface area contributed by atoms with E-state index in [4.69, 9.17) is 15.2 Å². The quantitative estimate of drug-likeness (QED) is 0.928. The van der Waals surface area contributed by atoms with Crippen molar-refractivity contribution < 1.29 is 9.47 Å². The molecule has 1 atom stereocenters. The highest BCUT2D eigenvalue weighted by molar-refractivity contribution is 9.10. The molecule has 20 heavy (non-hydrogen) atoms. The molecular weight excluding hydrogens is 322 g/mol. The summed E-state index contributed by atoms with van der Waals surface area (Å²) in [5, 5.41) is 0. The lowest BCUT2D eigenvalue weighted by Crippen LogP contribution is -2.17. The van der Waals surface area contributed by atoms with Gasteiger partial charge in [0, 0.05) is 4.47 Å². The van der Waals surface area contributed by atoms with Gasteiger partial charge in [-0.25, -0.2) is 4.98 Å². The normalized spacial score (nSPS) is 12.1. The fourth-order valence-electron chi connectivity index (χ4n) is 1.96. The fraction of sp³-hybridized carbons (Fsp3) is 0.286. The Labute approximate surface area is 126 Å². The molecule has 6 heteroatoms. The van der Waals surface area contributed by atoms with Crippen LogP contribution in [0.15, 0.2) is 28.9 Å². The molecule has 0 aliphatic heterocycles. The topological polar surface area (TPSA) is 70.3 Å². The van der Waals surface area contributed by atoms with E-state index in [1.165, 1.54) is 20.4 Å². The average molecular weight is 338 g/mol. The Hall–Kier alpha value is -1.66. The summed E-state index contributed by atoms with van der Waals surface area (Å²) in [6.07, 6.45) is 1.53. The molecule has 2 N–H and O–H groups in total. The van der Waals surface area contributed by atoms with E-state index >= 15 is 0 Å². The zero-order chi connectivity index (χ0) is 14.7. The molecule has 0 saturated carbocycles. The van der Waals surface area contributed by atoms with Gasteiger partial charge in [0.1, 0.15) is 5.69 Å². The smallest absolute Gasteiger partial charge is 0.240 e. The Morgan fingerprint density at radius 2 is 2.00 bits per heavy atom. The highest BCUT2D eigenvalue weighted by atomic mass is 79.9. The molecule has 0 fully saturated rings. The van der Waals surface area contributed by atoms with E-state index in [1.807, 2.05) is 25.1 Å². The zero-order valence-electron chi connectivity index (χ0n) is 11.6. The van der Waals surface area contributed by atoms with Crippen LogP contribution in [0.5, 0.6) is 11.8 Å². The van der Waals surface area contributed by atoms with E-state index in [2.05, 4.69) is 25.9 Å². The molecule has 1 heterocycles. The van der Waals surface area contributed by atoms with Gasteiger partial charge in [0.15, 0.2) is 0 Å². The van der Waals surface area contributed by atoms with Gasteiger partial charge in [-0.1, -0.05) is 22.0 Å². The number of aryl methyl sites for hydroxylation is 1. The molecule has 106 valence electrons. The molecule has 0 saturated heterocycles. The number of hydrogen-bond donors (Lipinski definition) is 1. The minimum absolute atomic E-state index is 0.374. The number of methoxy groups -OCH3 is 2. The van der Waals surface area contributed by atoms with E-state index in [1.54, 1.807) is 0 Å². The van der Waals surface area contributed by atoms with Crippen molar-refractivity contribution in [2.45, 2.75) is 13.0 Å². The van der Waals surface area contributed by atoms with Crippen LogP contribution in [0.3, 0.4) is 0 Å². The summed E-state index contributed by atoms with van der Waals surface area (Å²) >= 11 is 3.44. The fourth-order valence-corrected chi connectivity index (χ4v) is 2.44. The Kier molecular flexibility index (Phi) is 4.57. The number of halogens is 1. The molecule has 1 aromatic heterocycles. The van der Waals surface area contributed by atoms with Crippen molar-refractivity contribution in [2.24, 2.45) is 5.73 Å². The lowest BCUT2D eigenvalue weighted by molar-refractivity contribution is 0.355. The van der Waals surface area contributed by atoms with Crippen LogP contribution in [0.1, 0.15) is 22.9 Å². The maximum atomic E-state index is 6.30. The van der Waals surface area contributed by atoms with E-state index < -0.39 is 6.04 Å². The molecule has 0 aliphatic rings. The van der Waals surface area contributed by atoms with Crippen molar-refractivity contribution in [2.75, 3.05) is 14.2 Å². The van der Waals surface area contributed by atoms with Crippen molar-refractivity contribution >= 4 is 15.9 Å². The van der Waals surface area contributed by atoms with Gasteiger partial charge in [-0.2, -0.15) is 4.98 Å². The van der Waals surface area contributed by atoms with Crippen molar-refractivity contribution in [3.05, 3.63) is 45.7 Å². The van der Waals surface area contributed by atoms with Crippen LogP contribution in [-0.2, 0) is 0 Å². The van der Waals surface area contributed by atoms with Crippen LogP contribution in [0.4, 0.5) is 0 Å². The van der Waals surface area contributed by atoms with E-state index in [0.717, 1.165) is 15.6 Å². The van der Waals surface area contributed by atoms with E-state index in [-0.39, 0.29) is 0 Å². The van der Waals surface area contributed by atoms with Gasteiger partial charge in [0.2, 0.25) is 11.8 Å². The number of nitrogens with zero attached hydrogens (tertiary/aromatic N) is 2. The predicted molar refractivity (Wildman–Crippen MR) is 80.0 cm³/mol. The molecule has 0 amide bonds. The maximum Gasteiger partial charge on any atom is 0.240 e. The monoisotopic (exact) mass is 337 g/mol. The average Bonchev–Trinajstić information content (AvgIpc) is 2.46. The SMILES string of the molecule is COc1cnc(C(N)c2ccc(Br)cc2C)c(OC)n1. The zero-order valence-corrected chi connectivity index (χ0v) is 13.1. The van der Waals surface area contributed by atoms with E-state index in [9.17, 15) is 0 Å². The molecular formula is C14H16BrN3O2. The number of nitrogens with two attached hydrogens (primary N) is 1. The Morgan fingerprint density at radius 3 is 2.60 bits per heavy atom. The van der Waals surface area contributed by atoms with Crippen LogP contribution in [-0.4, -0.2) is 24.2 Å². The van der Waals surface area contributed by atoms with Gasteiger partial charge in [0.25, 0.3) is 0 Å². The second-order valence-electron chi connectivity index (χ2n) is 4.29. The summed E-state index contributed by atoms with van der Waals surface area (Å²) in [6, 6.07) is 5.52. The number of rotatable bonds is 4. The lowest BCUT2D eigenvalue weighted by atomic mass is 9.99. The van der Waals surface area contributed by atoms with Crippen molar-refractivity contribution in [1.82, 2.24) is 9.97 Å². The highest BCUT2D eigenvalue weighted by Gasteiger charge is 2.19. The highest BCUT2D eigenvalue weighted by Crippen LogP contribution is 2.29. The summed E-state index contributed by atoms with van der Waals surface area (Å²) in [4.78, 5) is 8.52. The van der Waals surface area contributed by atoms with Crippen LogP contribution < -0.4 is 15.2 Å². The van der Waals surface area contributed by atoms with Crippen LogP contribution in [0.25, 0.3) is 0 Å². The van der Waals surface area contributed by atoms with Crippen LogP contribution in [0, 0.1) is 6.92 Å². The molecule has 0 radical (unpaired) electrons. The van der Waals surface area contributed by atoms with Crippen molar-refractivity contribution in [1.29, 1.82) is 0 Å². The van der Waals surface area contributed by atoms with Gasteiger partial charge in [0.05, 0.1) is 26.5 Å². The third kappa shape index (κ3) is 2.91. The molecule has 2 rings (SSSR count). The Morgan fingerprint density at radius 1 is 1.25 bits per heavy atom. The van der Waals surface area contributed by atoms with Gasteiger partial charge in [-0.05, 0) is 30.2 Å². The minimum Gasteiger partial charge on any atom is -0.480 e. The van der Waals surface area contributed by atoms with Crippen molar-refractivity contribution in [3.8, 4) is 11.8 Å². The van der Waals surface area contributed by atoms with Gasteiger partial charge in [-0.3, -0.25) is 0 Å². The first kappa shape index (κ1) is 14.7. The summed E-state index contributed by atoms with van der Waals surface area (Å²) in [7, 11) is 3.07. The van der Waals surface area contributed by atoms with Crippen molar-refractivity contribution in [3.63, 3.8) is 0 Å². The Bertz CT molecular complexity index is 619. The van der Waals surface area contributed by atoms with Gasteiger partial charge < -0.3 is 15.2 Å². The van der Waals surface area contributed by atoms with Gasteiger partial charge >= 0.3 is 0 Å². The third-order valence-corrected chi connectivity index (χ3v) is 3.50. The van der Waals surface area contributed by atoms with Crippen LogP contribution >= 0.6 is 15.9 Å². The summed E-state index contributed by atoms with van der Waals surface area (Å²) in [5.74, 6) is 0.768. The number of hydrogen-bond acceptors (Lipinski definition) is 5. The Balaban J connectivity index is 2.44. The molecule has 1 aromatic carbocycles. The first-order valence-corrected chi connectivity index (χ1v) is 6.82. The summed E-state index contributed by atoms with van der Waals surface area (Å²) in [6.45, 7) is 2.00. The summed E-state index contributed by atoms with van der Waals surface area (Å²) < 4.78 is 11.3. The van der Waals surface area contributed by atoms with Crippen LogP contribution in [0.2, 0.25) is 0 Å². The predicted octanol–water partition coefficient (Wildman–Crippen LogP) is 2.61. The maximum absolute atomic E-state index is 6.30. The van der Waals surface area contributed by atoms with Gasteiger partial charge in [-0.15, -0.1) is 0 Å².